The van der Waals surface area contributed by atoms with Gasteiger partial charge in [0, 0.05) is 13.2 Å². The van der Waals surface area contributed by atoms with Crippen LogP contribution in [0.4, 0.5) is 0 Å². The van der Waals surface area contributed by atoms with Crippen molar-refractivity contribution in [1.29, 1.82) is 0 Å². The predicted molar refractivity (Wildman–Crippen MR) is 65.7 cm³/mol. The van der Waals surface area contributed by atoms with Crippen molar-refractivity contribution in [3.8, 4) is 0 Å². The maximum atomic E-state index is 5.90. The van der Waals surface area contributed by atoms with Crippen molar-refractivity contribution in [3.63, 3.8) is 0 Å². The molecule has 3 nitrogen and oxygen atoms in total. The summed E-state index contributed by atoms with van der Waals surface area (Å²) in [5.41, 5.74) is 0. The second-order valence-corrected chi connectivity index (χ2v) is 8.35. The number of epoxide rings is 1. The Labute approximate surface area is 99.7 Å². The van der Waals surface area contributed by atoms with E-state index in [1.165, 1.54) is 19.3 Å². The molecule has 16 heavy (non-hydrogen) atoms. The van der Waals surface area contributed by atoms with Gasteiger partial charge in [0.05, 0.1) is 12.2 Å². The molecule has 1 saturated heterocycles. The van der Waals surface area contributed by atoms with Gasteiger partial charge in [-0.25, -0.2) is 0 Å². The van der Waals surface area contributed by atoms with Crippen LogP contribution in [-0.2, 0) is 13.6 Å². The standard InChI is InChI=1S/C12H24O3Si/c1-4-13-16(3,14-5-2)9-10-6-7-11-12(8-10)15-11/h10-12H,4-9H2,1-3H3. The molecule has 0 N–H and O–H groups in total. The highest BCUT2D eigenvalue weighted by Gasteiger charge is 2.46. The third-order valence-corrected chi connectivity index (χ3v) is 6.79. The molecule has 2 aliphatic rings. The molecule has 94 valence electrons. The molecule has 0 amide bonds. The number of hydrogen-bond acceptors (Lipinski definition) is 3. The van der Waals surface area contributed by atoms with Crippen molar-refractivity contribution in [2.24, 2.45) is 5.92 Å². The molecule has 2 fully saturated rings. The van der Waals surface area contributed by atoms with Crippen molar-refractivity contribution in [2.75, 3.05) is 13.2 Å². The molecular weight excluding hydrogens is 220 g/mol. The molecule has 0 spiro atoms. The predicted octanol–water partition coefficient (Wildman–Crippen LogP) is 2.70. The second kappa shape index (κ2) is 5.17. The molecule has 0 aromatic carbocycles. The average Bonchev–Trinajstić information content (AvgIpc) is 2.96. The van der Waals surface area contributed by atoms with Crippen LogP contribution in [0.2, 0.25) is 12.6 Å². The number of rotatable bonds is 6. The Bertz CT molecular complexity index is 228. The highest BCUT2D eigenvalue weighted by atomic mass is 28.4. The summed E-state index contributed by atoms with van der Waals surface area (Å²) >= 11 is 0. The van der Waals surface area contributed by atoms with E-state index in [1.807, 2.05) is 0 Å². The lowest BCUT2D eigenvalue weighted by Crippen LogP contribution is -2.41. The van der Waals surface area contributed by atoms with Crippen molar-refractivity contribution in [1.82, 2.24) is 0 Å². The molecule has 1 aliphatic heterocycles. The summed E-state index contributed by atoms with van der Waals surface area (Å²) in [7, 11) is -1.90. The fourth-order valence-corrected chi connectivity index (χ4v) is 5.93. The molecule has 3 atom stereocenters. The Morgan fingerprint density at radius 2 is 1.81 bits per heavy atom. The van der Waals surface area contributed by atoms with Gasteiger partial charge >= 0.3 is 8.56 Å². The van der Waals surface area contributed by atoms with E-state index in [0.29, 0.717) is 12.2 Å². The van der Waals surface area contributed by atoms with Crippen LogP contribution >= 0.6 is 0 Å². The van der Waals surface area contributed by atoms with Gasteiger partial charge in [-0.2, -0.15) is 0 Å². The van der Waals surface area contributed by atoms with Gasteiger partial charge < -0.3 is 13.6 Å². The van der Waals surface area contributed by atoms with Crippen molar-refractivity contribution < 1.29 is 13.6 Å². The largest absolute Gasteiger partial charge is 0.395 e. The van der Waals surface area contributed by atoms with Gasteiger partial charge in [-0.3, -0.25) is 0 Å². The molecule has 1 heterocycles. The maximum absolute atomic E-state index is 5.90. The first-order valence-corrected chi connectivity index (χ1v) is 9.12. The van der Waals surface area contributed by atoms with Crippen LogP contribution in [0.3, 0.4) is 0 Å². The van der Waals surface area contributed by atoms with Crippen LogP contribution in [0.25, 0.3) is 0 Å². The van der Waals surface area contributed by atoms with Gasteiger partial charge in [-0.05, 0) is 51.6 Å². The number of fused-ring (bicyclic) bond motifs is 1. The SMILES string of the molecule is CCO[Si](C)(CC1CCC2OC2C1)OCC. The van der Waals surface area contributed by atoms with Gasteiger partial charge in [0.1, 0.15) is 0 Å². The molecule has 0 radical (unpaired) electrons. The van der Waals surface area contributed by atoms with Crippen molar-refractivity contribution >= 4 is 8.56 Å². The first-order valence-electron chi connectivity index (χ1n) is 6.60. The van der Waals surface area contributed by atoms with E-state index < -0.39 is 8.56 Å². The first-order chi connectivity index (χ1) is 7.67. The first kappa shape index (κ1) is 12.6. The third kappa shape index (κ3) is 3.06. The van der Waals surface area contributed by atoms with Crippen LogP contribution in [0.1, 0.15) is 33.1 Å². The topological polar surface area (TPSA) is 31.0 Å². The van der Waals surface area contributed by atoms with E-state index in [1.54, 1.807) is 0 Å². The average molecular weight is 244 g/mol. The fourth-order valence-electron chi connectivity index (χ4n) is 2.97. The van der Waals surface area contributed by atoms with E-state index in [-0.39, 0.29) is 0 Å². The Morgan fingerprint density at radius 3 is 2.38 bits per heavy atom. The smallest absolute Gasteiger partial charge is 0.335 e. The molecule has 2 rings (SSSR count). The fraction of sp³-hybridized carbons (Fsp3) is 1.00. The van der Waals surface area contributed by atoms with Gasteiger partial charge in [0.15, 0.2) is 0 Å². The van der Waals surface area contributed by atoms with Crippen LogP contribution in [0.5, 0.6) is 0 Å². The second-order valence-electron chi connectivity index (χ2n) is 5.10. The molecule has 0 aromatic heterocycles. The van der Waals surface area contributed by atoms with Crippen LogP contribution in [0.15, 0.2) is 0 Å². The van der Waals surface area contributed by atoms with Crippen LogP contribution in [0, 0.1) is 5.92 Å². The molecule has 1 saturated carbocycles. The van der Waals surface area contributed by atoms with Gasteiger partial charge in [-0.15, -0.1) is 0 Å². The summed E-state index contributed by atoms with van der Waals surface area (Å²) < 4.78 is 17.4. The minimum Gasteiger partial charge on any atom is -0.395 e. The highest BCUT2D eigenvalue weighted by Crippen LogP contribution is 2.42. The Hall–Kier alpha value is 0.0969. The molecule has 1 aliphatic carbocycles. The van der Waals surface area contributed by atoms with Crippen molar-refractivity contribution in [3.05, 3.63) is 0 Å². The minimum absolute atomic E-state index is 0.570. The van der Waals surface area contributed by atoms with Crippen molar-refractivity contribution in [2.45, 2.75) is 57.9 Å². The monoisotopic (exact) mass is 244 g/mol. The number of ether oxygens (including phenoxy) is 1. The van der Waals surface area contributed by atoms with Gasteiger partial charge in [0.2, 0.25) is 0 Å². The summed E-state index contributed by atoms with van der Waals surface area (Å²) in [5.74, 6) is 0.763. The van der Waals surface area contributed by atoms with E-state index in [0.717, 1.165) is 25.2 Å². The summed E-state index contributed by atoms with van der Waals surface area (Å²) in [5, 5.41) is 0. The lowest BCUT2D eigenvalue weighted by molar-refractivity contribution is 0.180. The lowest BCUT2D eigenvalue weighted by atomic mass is 9.91. The van der Waals surface area contributed by atoms with Crippen LogP contribution < -0.4 is 0 Å². The Kier molecular flexibility index (Phi) is 4.05. The summed E-state index contributed by atoms with van der Waals surface area (Å²) in [4.78, 5) is 0. The quantitative estimate of drug-likeness (QED) is 0.532. The zero-order valence-electron chi connectivity index (χ0n) is 10.7. The highest BCUT2D eigenvalue weighted by molar-refractivity contribution is 6.66. The normalized spacial score (nSPS) is 33.6. The molecule has 3 unspecified atom stereocenters. The zero-order chi connectivity index (χ0) is 11.6. The van der Waals surface area contributed by atoms with E-state index in [2.05, 4.69) is 20.4 Å². The number of hydrogen-bond donors (Lipinski definition) is 0. The summed E-state index contributed by atoms with van der Waals surface area (Å²) in [6, 6.07) is 1.14. The Balaban J connectivity index is 1.83. The van der Waals surface area contributed by atoms with Gasteiger partial charge in [-0.1, -0.05) is 0 Å². The van der Waals surface area contributed by atoms with E-state index in [4.69, 9.17) is 13.6 Å². The zero-order valence-corrected chi connectivity index (χ0v) is 11.7. The minimum atomic E-state index is -1.90. The van der Waals surface area contributed by atoms with Gasteiger partial charge in [0.25, 0.3) is 0 Å². The van der Waals surface area contributed by atoms with E-state index in [9.17, 15) is 0 Å². The summed E-state index contributed by atoms with van der Waals surface area (Å²) in [6.45, 7) is 7.88. The molecule has 4 heteroatoms. The third-order valence-electron chi connectivity index (χ3n) is 3.67. The van der Waals surface area contributed by atoms with E-state index >= 15 is 0 Å². The molecule has 0 bridgehead atoms. The maximum Gasteiger partial charge on any atom is 0.335 e. The molecular formula is C12H24O3Si. The van der Waals surface area contributed by atoms with Crippen LogP contribution in [-0.4, -0.2) is 34.0 Å². The summed E-state index contributed by atoms with van der Waals surface area (Å²) in [6.07, 6.45) is 4.94. The lowest BCUT2D eigenvalue weighted by Gasteiger charge is -2.30. The molecule has 0 aromatic rings. The Morgan fingerprint density at radius 1 is 1.12 bits per heavy atom.